The number of halogens is 1. The van der Waals surface area contributed by atoms with Gasteiger partial charge >= 0.3 is 57.1 Å². The van der Waals surface area contributed by atoms with Gasteiger partial charge in [0, 0.05) is 23.6 Å². The van der Waals surface area contributed by atoms with Crippen LogP contribution in [0.1, 0.15) is 52.6 Å². The second-order valence-corrected chi connectivity index (χ2v) is 10.3. The first kappa shape index (κ1) is 32.8. The van der Waals surface area contributed by atoms with Crippen LogP contribution in [0.5, 0.6) is 5.75 Å². The van der Waals surface area contributed by atoms with E-state index >= 15 is 4.39 Å². The first-order valence-electron chi connectivity index (χ1n) is 14.1. The van der Waals surface area contributed by atoms with Crippen LogP contribution in [0.15, 0.2) is 80.8 Å². The van der Waals surface area contributed by atoms with E-state index in [9.17, 15) is 9.59 Å². The van der Waals surface area contributed by atoms with Gasteiger partial charge in [-0.15, -0.1) is 0 Å². The molecule has 5 aromatic rings. The zero-order valence-electron chi connectivity index (χ0n) is 26.1. The van der Waals surface area contributed by atoms with Gasteiger partial charge in [0.05, 0.1) is 23.9 Å². The molecule has 0 aliphatic heterocycles. The maximum atomic E-state index is 15.4. The molecule has 0 aliphatic rings. The molecule has 1 N–H and O–H groups in total. The summed E-state index contributed by atoms with van der Waals surface area (Å²) in [6, 6.07) is 20.0. The second kappa shape index (κ2) is 14.5. The molecule has 0 saturated carbocycles. The molecular weight excluding hydrogens is 574 g/mol. The van der Waals surface area contributed by atoms with Crippen molar-refractivity contribution in [2.24, 2.45) is 0 Å². The maximum Gasteiger partial charge on any atom is 1.00 e. The first-order chi connectivity index (χ1) is 20.3. The quantitative estimate of drug-likeness (QED) is 0.244. The normalized spacial score (nSPS) is 11.0. The SMILES string of the molecule is CCCc1nc(CC)c(-c2ccc(OC(C)C)cc2F)c(=O)n1Cc1ccc(-c2ccccc2-c2noc(=O)[nH]2)cc1.[H-].[K+]. The molecule has 2 heterocycles. The molecule has 218 valence electrons. The molecule has 3 aromatic carbocycles. The van der Waals surface area contributed by atoms with Crippen LogP contribution in [0.25, 0.3) is 33.6 Å². The van der Waals surface area contributed by atoms with E-state index in [1.54, 1.807) is 16.7 Å². The summed E-state index contributed by atoms with van der Waals surface area (Å²) in [7, 11) is 0. The molecular formula is C33H34FKN4O4. The summed E-state index contributed by atoms with van der Waals surface area (Å²) in [6.07, 6.45) is 1.83. The fourth-order valence-corrected chi connectivity index (χ4v) is 5.06. The summed E-state index contributed by atoms with van der Waals surface area (Å²) in [5.41, 5.74) is 4.20. The largest absolute Gasteiger partial charge is 1.00 e. The Morgan fingerprint density at radius 3 is 2.33 bits per heavy atom. The van der Waals surface area contributed by atoms with Crippen molar-refractivity contribution in [1.29, 1.82) is 0 Å². The number of aromatic nitrogens is 4. The van der Waals surface area contributed by atoms with E-state index in [0.717, 1.165) is 28.7 Å². The third kappa shape index (κ3) is 7.33. The van der Waals surface area contributed by atoms with E-state index in [-0.39, 0.29) is 82.1 Å². The molecule has 5 rings (SSSR count). The van der Waals surface area contributed by atoms with Crippen molar-refractivity contribution in [2.75, 3.05) is 0 Å². The molecule has 0 amide bonds. The van der Waals surface area contributed by atoms with Gasteiger partial charge < -0.3 is 6.16 Å². The second-order valence-electron chi connectivity index (χ2n) is 10.3. The van der Waals surface area contributed by atoms with Gasteiger partial charge in [-0.25, -0.2) is 14.2 Å². The Morgan fingerprint density at radius 2 is 1.72 bits per heavy atom. The molecule has 0 atom stereocenters. The van der Waals surface area contributed by atoms with Crippen molar-refractivity contribution in [3.63, 3.8) is 0 Å². The van der Waals surface area contributed by atoms with Crippen molar-refractivity contribution >= 4 is 0 Å². The van der Waals surface area contributed by atoms with Gasteiger partial charge in [0.25, 0.3) is 5.56 Å². The van der Waals surface area contributed by atoms with Crippen LogP contribution in [0, 0.1) is 5.82 Å². The van der Waals surface area contributed by atoms with Crippen LogP contribution in [0.3, 0.4) is 0 Å². The minimum Gasteiger partial charge on any atom is -1.00 e. The van der Waals surface area contributed by atoms with Crippen LogP contribution < -0.4 is 67.4 Å². The van der Waals surface area contributed by atoms with Crippen LogP contribution in [0.4, 0.5) is 4.39 Å². The van der Waals surface area contributed by atoms with Gasteiger partial charge in [-0.2, -0.15) is 0 Å². The maximum absolute atomic E-state index is 15.4. The topological polar surface area (TPSA) is 103 Å². The van der Waals surface area contributed by atoms with Gasteiger partial charge in [0.2, 0.25) is 0 Å². The minimum absolute atomic E-state index is 0. The van der Waals surface area contributed by atoms with Crippen LogP contribution in [0.2, 0.25) is 0 Å². The fraction of sp³-hybridized carbons (Fsp3) is 0.273. The van der Waals surface area contributed by atoms with E-state index in [0.29, 0.717) is 35.9 Å². The van der Waals surface area contributed by atoms with Crippen molar-refractivity contribution in [3.05, 3.63) is 111 Å². The molecule has 8 nitrogen and oxygen atoms in total. The minimum atomic E-state index is -0.620. The van der Waals surface area contributed by atoms with Gasteiger partial charge in [-0.3, -0.25) is 18.9 Å². The summed E-state index contributed by atoms with van der Waals surface area (Å²) < 4.78 is 27.4. The van der Waals surface area contributed by atoms with Crippen LogP contribution in [-0.2, 0) is 19.4 Å². The van der Waals surface area contributed by atoms with Gasteiger partial charge in [0.15, 0.2) is 5.82 Å². The standard InChI is InChI=1S/C33H33FN4O4.K.H/c1-5-9-29-35-28(6-2)30(26-17-16-23(18-27(26)34)41-20(3)4)32(39)38(29)19-21-12-14-22(15-13-21)24-10-7-8-11-25(24)31-36-33(40)42-37-31;;/h7-8,10-18,20H,5-6,9,19H2,1-4H3,(H,36,37,40);;/q;+1;-1. The van der Waals surface area contributed by atoms with Gasteiger partial charge in [-0.1, -0.05) is 67.5 Å². The third-order valence-corrected chi connectivity index (χ3v) is 6.94. The summed E-state index contributed by atoms with van der Waals surface area (Å²) in [6.45, 7) is 8.00. The molecule has 0 radical (unpaired) electrons. The number of nitrogens with one attached hydrogen (secondary N) is 1. The number of ether oxygens (including phenoxy) is 1. The average molecular weight is 609 g/mol. The number of nitrogens with zero attached hydrogens (tertiary/aromatic N) is 3. The monoisotopic (exact) mass is 608 g/mol. The van der Waals surface area contributed by atoms with Gasteiger partial charge in [0.1, 0.15) is 17.4 Å². The average Bonchev–Trinajstić information content (AvgIpc) is 3.41. The summed E-state index contributed by atoms with van der Waals surface area (Å²) in [5, 5.41) is 3.83. The molecule has 0 fully saturated rings. The first-order valence-corrected chi connectivity index (χ1v) is 14.1. The van der Waals surface area contributed by atoms with E-state index in [1.807, 2.05) is 76.2 Å². The Morgan fingerprint density at radius 1 is 1.00 bits per heavy atom. The van der Waals surface area contributed by atoms with E-state index < -0.39 is 11.6 Å². The molecule has 0 bridgehead atoms. The number of hydrogen-bond acceptors (Lipinski definition) is 6. The third-order valence-electron chi connectivity index (χ3n) is 6.94. The molecule has 0 unspecified atom stereocenters. The Labute approximate surface area is 293 Å². The summed E-state index contributed by atoms with van der Waals surface area (Å²) >= 11 is 0. The Kier molecular flexibility index (Phi) is 11.1. The number of hydrogen-bond donors (Lipinski definition) is 1. The van der Waals surface area contributed by atoms with E-state index in [4.69, 9.17) is 14.2 Å². The Hall–Kier alpha value is -3.15. The molecule has 2 aromatic heterocycles. The molecule has 10 heteroatoms. The van der Waals surface area contributed by atoms with Crippen LogP contribution in [-0.4, -0.2) is 25.8 Å². The zero-order chi connectivity index (χ0) is 29.8. The van der Waals surface area contributed by atoms with Crippen molar-refractivity contribution in [2.45, 2.75) is 59.6 Å². The molecule has 0 spiro atoms. The predicted molar refractivity (Wildman–Crippen MR) is 161 cm³/mol. The van der Waals surface area contributed by atoms with Crippen molar-refractivity contribution < 1.29 is 66.5 Å². The van der Waals surface area contributed by atoms with Crippen molar-refractivity contribution in [3.8, 4) is 39.4 Å². The number of rotatable bonds is 10. The number of aromatic amines is 1. The molecule has 0 saturated heterocycles. The molecule has 0 aliphatic carbocycles. The number of benzene rings is 3. The predicted octanol–water partition coefficient (Wildman–Crippen LogP) is 3.53. The zero-order valence-corrected chi connectivity index (χ0v) is 28.2. The Balaban J connectivity index is 0.00000264. The van der Waals surface area contributed by atoms with Crippen LogP contribution >= 0.6 is 0 Å². The Bertz CT molecular complexity index is 1830. The van der Waals surface area contributed by atoms with Crippen molar-refractivity contribution in [1.82, 2.24) is 19.7 Å². The van der Waals surface area contributed by atoms with Gasteiger partial charge in [-0.05, 0) is 55.5 Å². The smallest absolute Gasteiger partial charge is 1.00 e. The van der Waals surface area contributed by atoms with E-state index in [1.165, 1.54) is 6.07 Å². The molecule has 43 heavy (non-hydrogen) atoms. The van der Waals surface area contributed by atoms with E-state index in [2.05, 4.69) is 10.1 Å². The number of aryl methyl sites for hydroxylation is 2. The fourth-order valence-electron chi connectivity index (χ4n) is 5.06. The number of H-pyrrole nitrogens is 1. The summed E-state index contributed by atoms with van der Waals surface area (Å²) in [5.74, 6) is 0.295. The summed E-state index contributed by atoms with van der Waals surface area (Å²) in [4.78, 5) is 33.0.